The summed E-state index contributed by atoms with van der Waals surface area (Å²) < 4.78 is 1.95. The van der Waals surface area contributed by atoms with Gasteiger partial charge in [-0.2, -0.15) is 10.2 Å². The molecule has 130 valence electrons. The molecule has 2 atom stereocenters. The lowest BCUT2D eigenvalue weighted by molar-refractivity contribution is 0.0630. The smallest absolute Gasteiger partial charge is 0.257 e. The molecule has 3 heterocycles. The average Bonchev–Trinajstić information content (AvgIpc) is 3.15. The molecule has 7 heteroatoms. The monoisotopic (exact) mass is 330 g/mol. The number of H-pyrrole nitrogens is 1. The normalized spacial score (nSPS) is 21.8. The maximum atomic E-state index is 12.7. The SMILES string of the molecule is Cc1[nH]ncc1C(=O)N(C)C[C@@H]1CCCN(C)[C@H]1c1ccnn1C. The predicted octanol–water partition coefficient (Wildman–Crippen LogP) is 1.61. The van der Waals surface area contributed by atoms with Crippen molar-refractivity contribution in [1.29, 1.82) is 0 Å². The van der Waals surface area contributed by atoms with Crippen molar-refractivity contribution in [3.8, 4) is 0 Å². The van der Waals surface area contributed by atoms with Crippen LogP contribution < -0.4 is 0 Å². The molecule has 1 aliphatic heterocycles. The maximum Gasteiger partial charge on any atom is 0.257 e. The average molecular weight is 330 g/mol. The number of nitrogens with zero attached hydrogens (tertiary/aromatic N) is 5. The highest BCUT2D eigenvalue weighted by Crippen LogP contribution is 2.35. The lowest BCUT2D eigenvalue weighted by atomic mass is 9.87. The summed E-state index contributed by atoms with van der Waals surface area (Å²) in [5, 5.41) is 11.1. The molecule has 3 rings (SSSR count). The van der Waals surface area contributed by atoms with Crippen LogP contribution in [0.4, 0.5) is 0 Å². The van der Waals surface area contributed by atoms with Crippen molar-refractivity contribution in [2.45, 2.75) is 25.8 Å². The van der Waals surface area contributed by atoms with Gasteiger partial charge in [0, 0.05) is 32.5 Å². The van der Waals surface area contributed by atoms with Crippen LogP contribution in [0.15, 0.2) is 18.5 Å². The third-order valence-corrected chi connectivity index (χ3v) is 5.08. The Morgan fingerprint density at radius 1 is 1.46 bits per heavy atom. The van der Waals surface area contributed by atoms with E-state index in [1.807, 2.05) is 36.8 Å². The second-order valence-electron chi connectivity index (χ2n) is 6.80. The summed E-state index contributed by atoms with van der Waals surface area (Å²) in [6, 6.07) is 2.37. The quantitative estimate of drug-likeness (QED) is 0.924. The van der Waals surface area contributed by atoms with Crippen molar-refractivity contribution < 1.29 is 4.79 Å². The summed E-state index contributed by atoms with van der Waals surface area (Å²) in [4.78, 5) is 16.9. The fraction of sp³-hybridized carbons (Fsp3) is 0.588. The Morgan fingerprint density at radius 3 is 2.88 bits per heavy atom. The van der Waals surface area contributed by atoms with Crippen LogP contribution in [0.5, 0.6) is 0 Å². The number of piperidine rings is 1. The number of hydrogen-bond acceptors (Lipinski definition) is 4. The number of rotatable bonds is 4. The van der Waals surface area contributed by atoms with Crippen LogP contribution in [0.1, 0.15) is 40.6 Å². The van der Waals surface area contributed by atoms with Gasteiger partial charge in [-0.05, 0) is 45.3 Å². The first-order valence-electron chi connectivity index (χ1n) is 8.42. The van der Waals surface area contributed by atoms with Crippen LogP contribution in [-0.4, -0.2) is 62.9 Å². The van der Waals surface area contributed by atoms with Gasteiger partial charge >= 0.3 is 0 Å². The second kappa shape index (κ2) is 6.76. The zero-order valence-corrected chi connectivity index (χ0v) is 14.9. The summed E-state index contributed by atoms with van der Waals surface area (Å²) in [6.07, 6.45) is 5.72. The van der Waals surface area contributed by atoms with Crippen molar-refractivity contribution in [3.05, 3.63) is 35.4 Å². The van der Waals surface area contributed by atoms with Gasteiger partial charge in [0.05, 0.1) is 23.5 Å². The number of aryl methyl sites for hydroxylation is 2. The van der Waals surface area contributed by atoms with Crippen molar-refractivity contribution in [1.82, 2.24) is 29.8 Å². The van der Waals surface area contributed by atoms with Crippen molar-refractivity contribution in [2.24, 2.45) is 13.0 Å². The number of likely N-dealkylation sites (tertiary alicyclic amines) is 1. The Labute approximate surface area is 142 Å². The van der Waals surface area contributed by atoms with E-state index < -0.39 is 0 Å². The fourth-order valence-corrected chi connectivity index (χ4v) is 3.80. The van der Waals surface area contributed by atoms with E-state index in [0.717, 1.165) is 31.6 Å². The standard InChI is InChI=1S/C17H26N6O/c1-12-14(10-18-20-12)17(24)22(3)11-13-6-5-9-21(2)16(13)15-7-8-19-23(15)4/h7-8,10,13,16H,5-6,9,11H2,1-4H3,(H,18,20)/t13-,16+/m0/s1. The molecule has 1 saturated heterocycles. The van der Waals surface area contributed by atoms with Gasteiger partial charge in [-0.1, -0.05) is 0 Å². The van der Waals surface area contributed by atoms with Gasteiger partial charge in [0.25, 0.3) is 5.91 Å². The maximum absolute atomic E-state index is 12.7. The first-order valence-corrected chi connectivity index (χ1v) is 8.42. The number of nitrogens with one attached hydrogen (secondary N) is 1. The minimum absolute atomic E-state index is 0.0261. The number of aromatic nitrogens is 4. The molecule has 1 fully saturated rings. The summed E-state index contributed by atoms with van der Waals surface area (Å²) in [6.45, 7) is 3.68. The molecule has 0 unspecified atom stereocenters. The summed E-state index contributed by atoms with van der Waals surface area (Å²) in [5.74, 6) is 0.415. The predicted molar refractivity (Wildman–Crippen MR) is 91.6 cm³/mol. The Kier molecular flexibility index (Phi) is 4.71. The summed E-state index contributed by atoms with van der Waals surface area (Å²) >= 11 is 0. The molecule has 7 nitrogen and oxygen atoms in total. The highest BCUT2D eigenvalue weighted by atomic mass is 16.2. The third-order valence-electron chi connectivity index (χ3n) is 5.08. The van der Waals surface area contributed by atoms with E-state index in [-0.39, 0.29) is 11.9 Å². The third kappa shape index (κ3) is 3.08. The van der Waals surface area contributed by atoms with Gasteiger partial charge in [0.2, 0.25) is 0 Å². The second-order valence-corrected chi connectivity index (χ2v) is 6.80. The zero-order valence-electron chi connectivity index (χ0n) is 14.9. The Morgan fingerprint density at radius 2 is 2.25 bits per heavy atom. The molecule has 1 N–H and O–H groups in total. The van der Waals surface area contributed by atoms with Gasteiger partial charge in [-0.15, -0.1) is 0 Å². The Balaban J connectivity index is 1.78. The van der Waals surface area contributed by atoms with Crippen molar-refractivity contribution in [2.75, 3.05) is 27.2 Å². The molecule has 1 aliphatic rings. The molecule has 2 aromatic heterocycles. The largest absolute Gasteiger partial charge is 0.341 e. The van der Waals surface area contributed by atoms with Crippen LogP contribution in [0, 0.1) is 12.8 Å². The minimum Gasteiger partial charge on any atom is -0.341 e. The molecule has 0 aromatic carbocycles. The van der Waals surface area contributed by atoms with Crippen LogP contribution in [0.3, 0.4) is 0 Å². The molecule has 1 amide bonds. The van der Waals surface area contributed by atoms with Crippen LogP contribution in [-0.2, 0) is 7.05 Å². The molecule has 0 radical (unpaired) electrons. The van der Waals surface area contributed by atoms with E-state index in [1.165, 1.54) is 5.69 Å². The molecule has 0 aliphatic carbocycles. The van der Waals surface area contributed by atoms with Gasteiger partial charge < -0.3 is 4.90 Å². The lowest BCUT2D eigenvalue weighted by Crippen LogP contribution is -2.43. The van der Waals surface area contributed by atoms with Crippen molar-refractivity contribution in [3.63, 3.8) is 0 Å². The summed E-state index contributed by atoms with van der Waals surface area (Å²) in [7, 11) is 6.02. The number of amides is 1. The van der Waals surface area contributed by atoms with Crippen molar-refractivity contribution >= 4 is 5.91 Å². The lowest BCUT2D eigenvalue weighted by Gasteiger charge is -2.40. The van der Waals surface area contributed by atoms with E-state index in [1.54, 1.807) is 6.20 Å². The van der Waals surface area contributed by atoms with Crippen LogP contribution in [0.25, 0.3) is 0 Å². The fourth-order valence-electron chi connectivity index (χ4n) is 3.80. The Hall–Kier alpha value is -2.15. The molecule has 0 spiro atoms. The number of carbonyl (C=O) groups is 1. The van der Waals surface area contributed by atoms with E-state index in [4.69, 9.17) is 0 Å². The number of hydrogen-bond donors (Lipinski definition) is 1. The first kappa shape index (κ1) is 16.7. The number of carbonyl (C=O) groups excluding carboxylic acids is 1. The molecule has 0 saturated carbocycles. The minimum atomic E-state index is 0.0261. The number of aromatic amines is 1. The van der Waals surface area contributed by atoms with Gasteiger partial charge in [-0.25, -0.2) is 0 Å². The first-order chi connectivity index (χ1) is 11.5. The van der Waals surface area contributed by atoms with Crippen LogP contribution in [0.2, 0.25) is 0 Å². The molecular weight excluding hydrogens is 304 g/mol. The topological polar surface area (TPSA) is 70.1 Å². The van der Waals surface area contributed by atoms with E-state index in [9.17, 15) is 4.79 Å². The zero-order chi connectivity index (χ0) is 17.3. The van der Waals surface area contributed by atoms with E-state index in [2.05, 4.69) is 33.3 Å². The van der Waals surface area contributed by atoms with Crippen LogP contribution >= 0.6 is 0 Å². The highest BCUT2D eigenvalue weighted by Gasteiger charge is 2.34. The van der Waals surface area contributed by atoms with E-state index >= 15 is 0 Å². The molecule has 24 heavy (non-hydrogen) atoms. The Bertz CT molecular complexity index is 706. The van der Waals surface area contributed by atoms with Gasteiger partial charge in [0.15, 0.2) is 0 Å². The summed E-state index contributed by atoms with van der Waals surface area (Å²) in [5.41, 5.74) is 2.68. The molecule has 0 bridgehead atoms. The van der Waals surface area contributed by atoms with Gasteiger partial charge in [0.1, 0.15) is 0 Å². The molecular formula is C17H26N6O. The molecule has 2 aromatic rings. The van der Waals surface area contributed by atoms with Gasteiger partial charge in [-0.3, -0.25) is 19.5 Å². The van der Waals surface area contributed by atoms with E-state index in [0.29, 0.717) is 11.5 Å². The highest BCUT2D eigenvalue weighted by molar-refractivity contribution is 5.94.